The molecule has 6 rings (SSSR count). The summed E-state index contributed by atoms with van der Waals surface area (Å²) in [4.78, 5) is 7.73. The van der Waals surface area contributed by atoms with Crippen molar-refractivity contribution in [2.75, 3.05) is 51.2 Å². The second kappa shape index (κ2) is 10.4. The number of rotatable bonds is 6. The molecular formula is C30H45N7. The van der Waals surface area contributed by atoms with E-state index in [1.807, 2.05) is 4.68 Å². The Labute approximate surface area is 222 Å². The summed E-state index contributed by atoms with van der Waals surface area (Å²) >= 11 is 0. The first-order valence-electron chi connectivity index (χ1n) is 14.5. The van der Waals surface area contributed by atoms with Crippen LogP contribution in [0.2, 0.25) is 0 Å². The largest absolute Gasteiger partial charge is 0.346 e. The predicted octanol–water partition coefficient (Wildman–Crippen LogP) is 4.00. The van der Waals surface area contributed by atoms with Gasteiger partial charge in [0, 0.05) is 49.7 Å². The zero-order valence-electron chi connectivity index (χ0n) is 22.9. The fourth-order valence-corrected chi connectivity index (χ4v) is 7.21. The van der Waals surface area contributed by atoms with Gasteiger partial charge in [0.15, 0.2) is 5.82 Å². The first-order valence-corrected chi connectivity index (χ1v) is 14.5. The van der Waals surface area contributed by atoms with E-state index in [-0.39, 0.29) is 0 Å². The molecule has 0 atom stereocenters. The Bertz CT molecular complexity index is 1130. The third kappa shape index (κ3) is 5.06. The fourth-order valence-electron chi connectivity index (χ4n) is 7.21. The van der Waals surface area contributed by atoms with E-state index in [1.165, 1.54) is 87.7 Å². The molecule has 0 amide bonds. The Balaban J connectivity index is 1.03. The minimum atomic E-state index is 0.646. The van der Waals surface area contributed by atoms with Gasteiger partial charge in [-0.3, -0.25) is 4.68 Å². The van der Waals surface area contributed by atoms with E-state index in [0.717, 1.165) is 48.3 Å². The van der Waals surface area contributed by atoms with Gasteiger partial charge in [-0.2, -0.15) is 5.10 Å². The molecule has 0 radical (unpaired) electrons. The average Bonchev–Trinajstić information content (AvgIpc) is 3.22. The van der Waals surface area contributed by atoms with Gasteiger partial charge in [-0.25, -0.2) is 0 Å². The summed E-state index contributed by atoms with van der Waals surface area (Å²) in [6, 6.07) is 8.59. The number of likely N-dealkylation sites (tertiary alicyclic amines) is 2. The molecule has 37 heavy (non-hydrogen) atoms. The molecular weight excluding hydrogens is 458 g/mol. The number of nitrogens with one attached hydrogen (secondary N) is 2. The molecule has 4 aliphatic rings. The van der Waals surface area contributed by atoms with E-state index in [4.69, 9.17) is 5.10 Å². The van der Waals surface area contributed by atoms with Crippen LogP contribution in [0.15, 0.2) is 42.9 Å². The van der Waals surface area contributed by atoms with Gasteiger partial charge in [0.25, 0.3) is 0 Å². The zero-order valence-corrected chi connectivity index (χ0v) is 22.9. The van der Waals surface area contributed by atoms with Gasteiger partial charge in [-0.1, -0.05) is 19.2 Å². The summed E-state index contributed by atoms with van der Waals surface area (Å²) in [6.45, 7) is 15.5. The van der Waals surface area contributed by atoms with Crippen LogP contribution in [0.25, 0.3) is 10.9 Å². The molecule has 4 fully saturated rings. The SMILES string of the molecule is C=C1CCN(c2nn(C)c3cc(C4CCN(C5CCN(CC6CC(NC)C6)CC5)CC4)ccc23)C(=C)N1. The lowest BCUT2D eigenvalue weighted by Gasteiger charge is -2.44. The molecule has 1 aliphatic carbocycles. The van der Waals surface area contributed by atoms with Crippen LogP contribution in [0.5, 0.6) is 0 Å². The van der Waals surface area contributed by atoms with E-state index in [2.05, 4.69) is 70.8 Å². The molecule has 1 saturated carbocycles. The summed E-state index contributed by atoms with van der Waals surface area (Å²) in [7, 11) is 4.17. The highest BCUT2D eigenvalue weighted by atomic mass is 15.4. The molecule has 1 aromatic heterocycles. The van der Waals surface area contributed by atoms with Crippen molar-refractivity contribution in [3.05, 3.63) is 48.4 Å². The number of hydrogen-bond donors (Lipinski definition) is 2. The highest BCUT2D eigenvalue weighted by Gasteiger charge is 2.33. The monoisotopic (exact) mass is 503 g/mol. The number of fused-ring (bicyclic) bond motifs is 1. The molecule has 4 heterocycles. The summed E-state index contributed by atoms with van der Waals surface area (Å²) in [6.07, 6.45) is 8.87. The van der Waals surface area contributed by atoms with Crippen LogP contribution < -0.4 is 15.5 Å². The molecule has 7 heteroatoms. The van der Waals surface area contributed by atoms with E-state index < -0.39 is 0 Å². The quantitative estimate of drug-likeness (QED) is 0.622. The van der Waals surface area contributed by atoms with Crippen LogP contribution in [0, 0.1) is 5.92 Å². The van der Waals surface area contributed by atoms with Crippen molar-refractivity contribution < 1.29 is 0 Å². The van der Waals surface area contributed by atoms with E-state index >= 15 is 0 Å². The van der Waals surface area contributed by atoms with Crippen LogP contribution in [-0.4, -0.2) is 78.0 Å². The van der Waals surface area contributed by atoms with Crippen molar-refractivity contribution in [3.8, 4) is 0 Å². The van der Waals surface area contributed by atoms with Gasteiger partial charge < -0.3 is 25.3 Å². The van der Waals surface area contributed by atoms with Gasteiger partial charge in [0.1, 0.15) is 5.82 Å². The molecule has 0 unspecified atom stereocenters. The number of benzene rings is 1. The summed E-state index contributed by atoms with van der Waals surface area (Å²) in [5.74, 6) is 3.43. The lowest BCUT2D eigenvalue weighted by molar-refractivity contribution is 0.0677. The lowest BCUT2D eigenvalue weighted by atomic mass is 9.79. The smallest absolute Gasteiger partial charge is 0.164 e. The van der Waals surface area contributed by atoms with Crippen molar-refractivity contribution >= 4 is 16.7 Å². The normalized spacial score (nSPS) is 27.0. The van der Waals surface area contributed by atoms with Gasteiger partial charge in [0.05, 0.1) is 5.52 Å². The van der Waals surface area contributed by atoms with Crippen molar-refractivity contribution in [1.29, 1.82) is 0 Å². The van der Waals surface area contributed by atoms with Gasteiger partial charge in [-0.15, -0.1) is 0 Å². The predicted molar refractivity (Wildman–Crippen MR) is 153 cm³/mol. The maximum atomic E-state index is 4.89. The van der Waals surface area contributed by atoms with E-state index in [9.17, 15) is 0 Å². The first-order chi connectivity index (χ1) is 18.0. The second-order valence-corrected chi connectivity index (χ2v) is 12.0. The average molecular weight is 504 g/mol. The number of piperidine rings is 2. The van der Waals surface area contributed by atoms with E-state index in [0.29, 0.717) is 5.92 Å². The van der Waals surface area contributed by atoms with Crippen molar-refractivity contribution in [2.45, 2.75) is 62.9 Å². The molecule has 2 N–H and O–H groups in total. The molecule has 7 nitrogen and oxygen atoms in total. The number of aromatic nitrogens is 2. The molecule has 200 valence electrons. The third-order valence-corrected chi connectivity index (χ3v) is 9.63. The van der Waals surface area contributed by atoms with Crippen molar-refractivity contribution in [3.63, 3.8) is 0 Å². The van der Waals surface area contributed by atoms with Crippen LogP contribution in [0.3, 0.4) is 0 Å². The van der Waals surface area contributed by atoms with Crippen LogP contribution in [0.1, 0.15) is 56.4 Å². The summed E-state index contributed by atoms with van der Waals surface area (Å²) in [5, 5.41) is 12.8. The number of aryl methyl sites for hydroxylation is 1. The highest BCUT2D eigenvalue weighted by Crippen LogP contribution is 2.36. The van der Waals surface area contributed by atoms with Crippen molar-refractivity contribution in [1.82, 2.24) is 30.2 Å². The molecule has 3 saturated heterocycles. The number of anilines is 1. The maximum Gasteiger partial charge on any atom is 0.164 e. The molecule has 2 aromatic rings. The molecule has 0 spiro atoms. The Morgan fingerprint density at radius 1 is 1.03 bits per heavy atom. The van der Waals surface area contributed by atoms with E-state index in [1.54, 1.807) is 0 Å². The van der Waals surface area contributed by atoms with Gasteiger partial charge in [0.2, 0.25) is 0 Å². The van der Waals surface area contributed by atoms with Gasteiger partial charge in [-0.05, 0) is 101 Å². The number of hydrogen-bond acceptors (Lipinski definition) is 6. The van der Waals surface area contributed by atoms with Crippen molar-refractivity contribution in [2.24, 2.45) is 13.0 Å². The second-order valence-electron chi connectivity index (χ2n) is 12.0. The summed E-state index contributed by atoms with van der Waals surface area (Å²) in [5.41, 5.74) is 3.71. The van der Waals surface area contributed by atoms with Crippen LogP contribution in [-0.2, 0) is 7.05 Å². The molecule has 3 aliphatic heterocycles. The Kier molecular flexibility index (Phi) is 7.03. The lowest BCUT2D eigenvalue weighted by Crippen LogP contribution is -2.50. The maximum absolute atomic E-state index is 4.89. The first kappa shape index (κ1) is 25.0. The minimum absolute atomic E-state index is 0.646. The zero-order chi connectivity index (χ0) is 25.5. The highest BCUT2D eigenvalue weighted by molar-refractivity contribution is 5.92. The molecule has 1 aromatic carbocycles. The summed E-state index contributed by atoms with van der Waals surface area (Å²) < 4.78 is 2.04. The third-order valence-electron chi connectivity index (χ3n) is 9.63. The standard InChI is InChI=1S/C30H45N7/c1-21-7-16-37(22(2)32-21)30-28-6-5-25(19-29(28)34(4)33-30)24-8-14-36(15-9-24)27-10-12-35(13-11-27)20-23-17-26(18-23)31-3/h5-6,19,23-24,26-27,31-32H,1-2,7-18,20H2,3-4H3. The fraction of sp³-hybridized carbons (Fsp3) is 0.633. The number of nitrogens with zero attached hydrogens (tertiary/aromatic N) is 5. The Morgan fingerprint density at radius 2 is 1.78 bits per heavy atom. The topological polar surface area (TPSA) is 51.6 Å². The minimum Gasteiger partial charge on any atom is -0.346 e. The van der Waals surface area contributed by atoms with Crippen LogP contribution in [0.4, 0.5) is 5.82 Å². The molecule has 0 bridgehead atoms. The Morgan fingerprint density at radius 3 is 2.49 bits per heavy atom. The Hall–Kier alpha value is -2.35. The van der Waals surface area contributed by atoms with Gasteiger partial charge >= 0.3 is 0 Å². The van der Waals surface area contributed by atoms with Crippen LogP contribution >= 0.6 is 0 Å².